The van der Waals surface area contributed by atoms with Gasteiger partial charge in [0.05, 0.1) is 11.0 Å². The van der Waals surface area contributed by atoms with E-state index in [1.165, 1.54) is 22.8 Å². The van der Waals surface area contributed by atoms with Crippen LogP contribution in [0.25, 0.3) is 22.1 Å². The monoisotopic (exact) mass is 471 g/mol. The van der Waals surface area contributed by atoms with Crippen molar-refractivity contribution in [3.63, 3.8) is 0 Å². The maximum atomic E-state index is 14.1. The highest BCUT2D eigenvalue weighted by atomic mass is 19.1. The Morgan fingerprint density at radius 3 is 2.80 bits per heavy atom. The van der Waals surface area contributed by atoms with Crippen LogP contribution in [0.4, 0.5) is 4.39 Å². The molecule has 35 heavy (non-hydrogen) atoms. The molecule has 1 amide bonds. The first-order valence-electron chi connectivity index (χ1n) is 12.0. The van der Waals surface area contributed by atoms with Crippen LogP contribution in [0.2, 0.25) is 0 Å². The molecule has 4 aromatic rings. The first-order valence-corrected chi connectivity index (χ1v) is 12.0. The maximum Gasteiger partial charge on any atom is 0.275 e. The van der Waals surface area contributed by atoms with Crippen molar-refractivity contribution in [2.24, 2.45) is 0 Å². The maximum absolute atomic E-state index is 14.1. The highest BCUT2D eigenvalue weighted by Crippen LogP contribution is 2.43. The Bertz CT molecular complexity index is 1550. The lowest BCUT2D eigenvalue weighted by Crippen LogP contribution is -2.28. The molecule has 178 valence electrons. The molecule has 8 heteroatoms. The fourth-order valence-electron chi connectivity index (χ4n) is 5.07. The summed E-state index contributed by atoms with van der Waals surface area (Å²) in [5, 5.41) is 2.59. The molecule has 1 aliphatic heterocycles. The molecule has 1 aliphatic carbocycles. The molecule has 6 rings (SSSR count). The number of nitrogens with one attached hydrogen (secondary N) is 2. The van der Waals surface area contributed by atoms with Crippen molar-refractivity contribution in [3.8, 4) is 0 Å². The summed E-state index contributed by atoms with van der Waals surface area (Å²) in [6.07, 6.45) is 8.84. The second-order valence-corrected chi connectivity index (χ2v) is 9.40. The molecule has 0 radical (unpaired) electrons. The van der Waals surface area contributed by atoms with Crippen LogP contribution in [0, 0.1) is 5.82 Å². The normalized spacial score (nSPS) is 16.6. The summed E-state index contributed by atoms with van der Waals surface area (Å²) >= 11 is 0. The van der Waals surface area contributed by atoms with Crippen LogP contribution in [0.15, 0.2) is 53.6 Å². The van der Waals surface area contributed by atoms with Crippen LogP contribution < -0.4 is 10.9 Å². The number of hydrogen-bond acceptors (Lipinski definition) is 4. The number of benzene rings is 1. The topological polar surface area (TPSA) is 82.5 Å². The van der Waals surface area contributed by atoms with Crippen molar-refractivity contribution in [2.75, 3.05) is 20.1 Å². The number of rotatable bonds is 5. The van der Waals surface area contributed by atoms with Gasteiger partial charge < -0.3 is 14.7 Å². The molecule has 0 bridgehead atoms. The van der Waals surface area contributed by atoms with Gasteiger partial charge >= 0.3 is 0 Å². The summed E-state index contributed by atoms with van der Waals surface area (Å²) < 4.78 is 15.8. The van der Waals surface area contributed by atoms with Gasteiger partial charge in [0.2, 0.25) is 0 Å². The average Bonchev–Trinajstić information content (AvgIpc) is 3.65. The van der Waals surface area contributed by atoms with Gasteiger partial charge in [-0.05, 0) is 71.7 Å². The Morgan fingerprint density at radius 2 is 2.11 bits per heavy atom. The predicted octanol–water partition coefficient (Wildman–Crippen LogP) is 3.84. The van der Waals surface area contributed by atoms with E-state index in [-0.39, 0.29) is 11.4 Å². The second kappa shape index (κ2) is 8.46. The predicted molar refractivity (Wildman–Crippen MR) is 133 cm³/mol. The van der Waals surface area contributed by atoms with Gasteiger partial charge in [0, 0.05) is 39.1 Å². The van der Waals surface area contributed by atoms with Crippen LogP contribution in [0.5, 0.6) is 0 Å². The largest absolute Gasteiger partial charge is 0.354 e. The Labute approximate surface area is 201 Å². The number of carbonyl (C=O) groups excluding carboxylic acids is 1. The molecule has 0 saturated heterocycles. The van der Waals surface area contributed by atoms with Crippen molar-refractivity contribution in [3.05, 3.63) is 87.4 Å². The lowest BCUT2D eigenvalue weighted by Gasteiger charge is -2.27. The molecule has 1 aromatic carbocycles. The molecular formula is C27H26FN5O2. The number of hydrogen-bond donors (Lipinski definition) is 2. The Hall–Kier alpha value is -3.78. The molecule has 1 saturated carbocycles. The van der Waals surface area contributed by atoms with Gasteiger partial charge in [0.25, 0.3) is 11.5 Å². The Morgan fingerprint density at radius 1 is 1.26 bits per heavy atom. The van der Waals surface area contributed by atoms with Gasteiger partial charge in [-0.15, -0.1) is 0 Å². The van der Waals surface area contributed by atoms with Crippen molar-refractivity contribution < 1.29 is 9.18 Å². The number of H-pyrrole nitrogens is 1. The molecule has 4 heterocycles. The van der Waals surface area contributed by atoms with E-state index in [1.807, 2.05) is 6.07 Å². The SMILES string of the molecule is CNC(=O)c1ccc(C2=CCN(Cc3cc4[nH]c(=O)c5c(F)ccn5c4cc3C3CC3)CC2)cn1. The fourth-order valence-corrected chi connectivity index (χ4v) is 5.07. The summed E-state index contributed by atoms with van der Waals surface area (Å²) in [6.45, 7) is 2.51. The van der Waals surface area contributed by atoms with E-state index in [1.54, 1.807) is 29.9 Å². The number of carbonyl (C=O) groups is 1. The van der Waals surface area contributed by atoms with E-state index in [4.69, 9.17) is 0 Å². The lowest BCUT2D eigenvalue weighted by atomic mass is 9.98. The molecule has 0 spiro atoms. The summed E-state index contributed by atoms with van der Waals surface area (Å²) in [6, 6.07) is 9.26. The zero-order chi connectivity index (χ0) is 24.1. The number of halogens is 1. The summed E-state index contributed by atoms with van der Waals surface area (Å²) in [5.41, 5.74) is 6.43. The van der Waals surface area contributed by atoms with Crippen LogP contribution >= 0.6 is 0 Å². The standard InChI is InChI=1S/C27H26FN5O2/c1-29-26(34)22-5-4-18(14-30-22)16-6-9-32(10-7-16)15-19-12-23-24(13-20(19)17-2-3-17)33-11-8-21(28)25(33)27(35)31-23/h4-6,8,11-14,17H,2-3,7,9-10,15H2,1H3,(H,29,34)(H,31,35). The minimum Gasteiger partial charge on any atom is -0.354 e. The van der Waals surface area contributed by atoms with E-state index in [0.29, 0.717) is 11.6 Å². The van der Waals surface area contributed by atoms with Gasteiger partial charge in [0.1, 0.15) is 11.2 Å². The Kier molecular flexibility index (Phi) is 5.25. The molecule has 7 nitrogen and oxygen atoms in total. The molecular weight excluding hydrogens is 445 g/mol. The van der Waals surface area contributed by atoms with E-state index in [9.17, 15) is 14.0 Å². The highest BCUT2D eigenvalue weighted by Gasteiger charge is 2.28. The molecule has 1 fully saturated rings. The average molecular weight is 472 g/mol. The fraction of sp³-hybridized carbons (Fsp3) is 0.296. The zero-order valence-corrected chi connectivity index (χ0v) is 19.5. The first kappa shape index (κ1) is 21.7. The molecule has 3 aromatic heterocycles. The number of amides is 1. The minimum atomic E-state index is -0.500. The summed E-state index contributed by atoms with van der Waals surface area (Å²) in [4.78, 5) is 33.8. The Balaban J connectivity index is 1.27. The zero-order valence-electron chi connectivity index (χ0n) is 19.5. The van der Waals surface area contributed by atoms with E-state index >= 15 is 0 Å². The molecule has 0 unspecified atom stereocenters. The van der Waals surface area contributed by atoms with Gasteiger partial charge in [-0.25, -0.2) is 4.39 Å². The van der Waals surface area contributed by atoms with E-state index < -0.39 is 11.4 Å². The van der Waals surface area contributed by atoms with Crippen molar-refractivity contribution in [1.29, 1.82) is 0 Å². The number of aromatic amines is 1. The summed E-state index contributed by atoms with van der Waals surface area (Å²) in [5.74, 6) is -0.164. The number of fused-ring (bicyclic) bond motifs is 3. The lowest BCUT2D eigenvalue weighted by molar-refractivity contribution is 0.0958. The third-order valence-corrected chi connectivity index (χ3v) is 7.12. The number of pyridine rings is 1. The smallest absolute Gasteiger partial charge is 0.275 e. The molecule has 0 atom stereocenters. The van der Waals surface area contributed by atoms with Crippen LogP contribution in [0.1, 0.15) is 52.4 Å². The first-order chi connectivity index (χ1) is 17.0. The van der Waals surface area contributed by atoms with Gasteiger partial charge in [0.15, 0.2) is 5.82 Å². The highest BCUT2D eigenvalue weighted by molar-refractivity contribution is 5.92. The van der Waals surface area contributed by atoms with Crippen molar-refractivity contribution in [1.82, 2.24) is 24.6 Å². The molecule has 2 N–H and O–H groups in total. The van der Waals surface area contributed by atoms with Gasteiger partial charge in [-0.3, -0.25) is 19.5 Å². The van der Waals surface area contributed by atoms with Crippen LogP contribution in [-0.4, -0.2) is 45.3 Å². The summed E-state index contributed by atoms with van der Waals surface area (Å²) in [7, 11) is 1.60. The van der Waals surface area contributed by atoms with Crippen molar-refractivity contribution in [2.45, 2.75) is 31.7 Å². The van der Waals surface area contributed by atoms with E-state index in [0.717, 1.165) is 55.5 Å². The second-order valence-electron chi connectivity index (χ2n) is 9.40. The number of nitrogens with zero attached hydrogens (tertiary/aromatic N) is 3. The number of aromatic nitrogens is 3. The minimum absolute atomic E-state index is 0.0681. The van der Waals surface area contributed by atoms with Crippen molar-refractivity contribution >= 4 is 28.0 Å². The quantitative estimate of drug-likeness (QED) is 0.463. The third kappa shape index (κ3) is 3.93. The third-order valence-electron chi connectivity index (χ3n) is 7.12. The van der Waals surface area contributed by atoms with Gasteiger partial charge in [-0.1, -0.05) is 12.1 Å². The molecule has 2 aliphatic rings. The van der Waals surface area contributed by atoms with Gasteiger partial charge in [-0.2, -0.15) is 0 Å². The van der Waals surface area contributed by atoms with E-state index in [2.05, 4.69) is 38.4 Å². The van der Waals surface area contributed by atoms with Crippen LogP contribution in [-0.2, 0) is 6.54 Å². The van der Waals surface area contributed by atoms with Crippen LogP contribution in [0.3, 0.4) is 0 Å².